The molecule has 0 saturated carbocycles. The van der Waals surface area contributed by atoms with Crippen molar-refractivity contribution in [1.82, 2.24) is 4.98 Å². The lowest BCUT2D eigenvalue weighted by atomic mass is 10.0. The topological polar surface area (TPSA) is 42.1 Å². The number of anilines is 1. The zero-order chi connectivity index (χ0) is 14.5. The molecule has 1 atom stereocenters. The summed E-state index contributed by atoms with van der Waals surface area (Å²) in [6.45, 7) is 2.24. The number of rotatable bonds is 3. The van der Waals surface area contributed by atoms with E-state index in [0.29, 0.717) is 0 Å². The zero-order valence-corrected chi connectivity index (χ0v) is 12.4. The van der Waals surface area contributed by atoms with Crippen LogP contribution < -0.4 is 10.6 Å². The van der Waals surface area contributed by atoms with Crippen molar-refractivity contribution in [1.29, 1.82) is 0 Å². The second kappa shape index (κ2) is 6.72. The van der Waals surface area contributed by atoms with Crippen molar-refractivity contribution in [3.05, 3.63) is 59.8 Å². The molecule has 3 heteroatoms. The van der Waals surface area contributed by atoms with Gasteiger partial charge in [-0.15, -0.1) is 0 Å². The van der Waals surface area contributed by atoms with E-state index in [-0.39, 0.29) is 6.04 Å². The Labute approximate surface area is 126 Å². The minimum atomic E-state index is -0.100. The first-order chi connectivity index (χ1) is 10.3. The summed E-state index contributed by atoms with van der Waals surface area (Å²) in [5, 5.41) is 0. The van der Waals surface area contributed by atoms with Crippen LogP contribution in [0.25, 0.3) is 0 Å². The van der Waals surface area contributed by atoms with Gasteiger partial charge >= 0.3 is 0 Å². The molecular weight excluding hydrogens is 258 g/mol. The summed E-state index contributed by atoms with van der Waals surface area (Å²) >= 11 is 0. The summed E-state index contributed by atoms with van der Waals surface area (Å²) in [6, 6.07) is 14.3. The van der Waals surface area contributed by atoms with Crippen LogP contribution in [0.1, 0.15) is 42.9 Å². The minimum Gasteiger partial charge on any atom is -0.357 e. The number of benzene rings is 1. The molecule has 2 N–H and O–H groups in total. The fourth-order valence-electron chi connectivity index (χ4n) is 2.92. The van der Waals surface area contributed by atoms with Crippen LogP contribution in [-0.2, 0) is 0 Å². The van der Waals surface area contributed by atoms with Crippen LogP contribution in [0, 0.1) is 0 Å². The van der Waals surface area contributed by atoms with Gasteiger partial charge in [-0.2, -0.15) is 0 Å². The van der Waals surface area contributed by atoms with Crippen molar-refractivity contribution in [2.24, 2.45) is 5.73 Å². The number of hydrogen-bond donors (Lipinski definition) is 1. The first kappa shape index (κ1) is 14.1. The summed E-state index contributed by atoms with van der Waals surface area (Å²) in [5.41, 5.74) is 8.51. The van der Waals surface area contributed by atoms with Crippen molar-refractivity contribution in [2.45, 2.75) is 31.7 Å². The maximum absolute atomic E-state index is 6.32. The first-order valence-corrected chi connectivity index (χ1v) is 7.86. The molecule has 1 unspecified atom stereocenters. The third kappa shape index (κ3) is 3.42. The van der Waals surface area contributed by atoms with Gasteiger partial charge < -0.3 is 10.6 Å². The molecule has 2 aromatic rings. The van der Waals surface area contributed by atoms with E-state index in [1.54, 1.807) is 0 Å². The normalized spacial score (nSPS) is 17.3. The average Bonchev–Trinajstić information content (AvgIpc) is 2.84. The van der Waals surface area contributed by atoms with Crippen LogP contribution in [0.5, 0.6) is 0 Å². The Hall–Kier alpha value is -1.87. The molecule has 1 saturated heterocycles. The van der Waals surface area contributed by atoms with Crippen molar-refractivity contribution in [3.8, 4) is 0 Å². The maximum Gasteiger partial charge on any atom is 0.128 e. The number of nitrogens with zero attached hydrogens (tertiary/aromatic N) is 2. The van der Waals surface area contributed by atoms with E-state index in [4.69, 9.17) is 5.73 Å². The molecule has 1 fully saturated rings. The van der Waals surface area contributed by atoms with Crippen LogP contribution >= 0.6 is 0 Å². The van der Waals surface area contributed by atoms with Crippen LogP contribution in [0.3, 0.4) is 0 Å². The standard InChI is InChI=1S/C18H23N3/c19-18(15-8-4-3-5-9-15)16-10-11-17(20-14-16)21-12-6-1-2-7-13-21/h3-5,8-11,14,18H,1-2,6-7,12-13,19H2. The van der Waals surface area contributed by atoms with Crippen LogP contribution in [0.2, 0.25) is 0 Å². The lowest BCUT2D eigenvalue weighted by Crippen LogP contribution is -2.25. The van der Waals surface area contributed by atoms with Gasteiger partial charge in [-0.25, -0.2) is 4.98 Å². The molecule has 21 heavy (non-hydrogen) atoms. The second-order valence-electron chi connectivity index (χ2n) is 5.74. The van der Waals surface area contributed by atoms with E-state index in [1.807, 2.05) is 24.4 Å². The summed E-state index contributed by atoms with van der Waals surface area (Å²) in [6.07, 6.45) is 7.15. The molecule has 110 valence electrons. The van der Waals surface area contributed by atoms with Gasteiger partial charge in [0.05, 0.1) is 6.04 Å². The van der Waals surface area contributed by atoms with Crippen LogP contribution in [-0.4, -0.2) is 18.1 Å². The molecule has 1 aromatic carbocycles. The molecule has 0 spiro atoms. The lowest BCUT2D eigenvalue weighted by Gasteiger charge is -2.22. The number of pyridine rings is 1. The quantitative estimate of drug-likeness (QED) is 0.936. The predicted molar refractivity (Wildman–Crippen MR) is 87.4 cm³/mol. The first-order valence-electron chi connectivity index (χ1n) is 7.86. The molecule has 1 aliphatic rings. The predicted octanol–water partition coefficient (Wildman–Crippen LogP) is 3.51. The van der Waals surface area contributed by atoms with Gasteiger partial charge in [-0.3, -0.25) is 0 Å². The Kier molecular flexibility index (Phi) is 4.51. The molecule has 0 aliphatic carbocycles. The zero-order valence-electron chi connectivity index (χ0n) is 12.4. The van der Waals surface area contributed by atoms with Gasteiger partial charge in [0.1, 0.15) is 5.82 Å². The number of aromatic nitrogens is 1. The highest BCUT2D eigenvalue weighted by molar-refractivity contribution is 5.41. The van der Waals surface area contributed by atoms with E-state index < -0.39 is 0 Å². The van der Waals surface area contributed by atoms with Crippen molar-refractivity contribution >= 4 is 5.82 Å². The highest BCUT2D eigenvalue weighted by atomic mass is 15.2. The highest BCUT2D eigenvalue weighted by Gasteiger charge is 2.13. The largest absolute Gasteiger partial charge is 0.357 e. The molecule has 0 bridgehead atoms. The van der Waals surface area contributed by atoms with E-state index in [9.17, 15) is 0 Å². The third-order valence-electron chi connectivity index (χ3n) is 4.22. The van der Waals surface area contributed by atoms with Crippen molar-refractivity contribution < 1.29 is 0 Å². The molecule has 3 nitrogen and oxygen atoms in total. The molecule has 1 aliphatic heterocycles. The third-order valence-corrected chi connectivity index (χ3v) is 4.22. The maximum atomic E-state index is 6.32. The Morgan fingerprint density at radius 2 is 1.57 bits per heavy atom. The molecule has 0 amide bonds. The van der Waals surface area contributed by atoms with Gasteiger partial charge in [0, 0.05) is 19.3 Å². The Balaban J connectivity index is 1.74. The molecule has 3 rings (SSSR count). The Morgan fingerprint density at radius 3 is 2.19 bits per heavy atom. The molecule has 0 radical (unpaired) electrons. The summed E-state index contributed by atoms with van der Waals surface area (Å²) < 4.78 is 0. The lowest BCUT2D eigenvalue weighted by molar-refractivity contribution is 0.726. The highest BCUT2D eigenvalue weighted by Crippen LogP contribution is 2.22. The van der Waals surface area contributed by atoms with Gasteiger partial charge in [-0.05, 0) is 30.0 Å². The van der Waals surface area contributed by atoms with Gasteiger partial charge in [-0.1, -0.05) is 49.2 Å². The average molecular weight is 281 g/mol. The molecule has 1 aromatic heterocycles. The Morgan fingerprint density at radius 1 is 0.857 bits per heavy atom. The summed E-state index contributed by atoms with van der Waals surface area (Å²) in [5.74, 6) is 1.08. The number of nitrogens with two attached hydrogens (primary N) is 1. The fourth-order valence-corrected chi connectivity index (χ4v) is 2.92. The van der Waals surface area contributed by atoms with E-state index in [0.717, 1.165) is 30.0 Å². The summed E-state index contributed by atoms with van der Waals surface area (Å²) in [7, 11) is 0. The van der Waals surface area contributed by atoms with Gasteiger partial charge in [0.2, 0.25) is 0 Å². The summed E-state index contributed by atoms with van der Waals surface area (Å²) in [4.78, 5) is 7.03. The Bertz CT molecular complexity index is 542. The molecule has 2 heterocycles. The van der Waals surface area contributed by atoms with Crippen LogP contribution in [0.15, 0.2) is 48.7 Å². The smallest absolute Gasteiger partial charge is 0.128 e. The fraction of sp³-hybridized carbons (Fsp3) is 0.389. The van der Waals surface area contributed by atoms with Gasteiger partial charge in [0.15, 0.2) is 0 Å². The second-order valence-corrected chi connectivity index (χ2v) is 5.74. The SMILES string of the molecule is NC(c1ccccc1)c1ccc(N2CCCCCC2)nc1. The van der Waals surface area contributed by atoms with E-state index in [2.05, 4.69) is 34.1 Å². The molecular formula is C18H23N3. The monoisotopic (exact) mass is 281 g/mol. The number of hydrogen-bond acceptors (Lipinski definition) is 3. The van der Waals surface area contributed by atoms with Crippen molar-refractivity contribution in [3.63, 3.8) is 0 Å². The van der Waals surface area contributed by atoms with Crippen molar-refractivity contribution in [2.75, 3.05) is 18.0 Å². The van der Waals surface area contributed by atoms with Gasteiger partial charge in [0.25, 0.3) is 0 Å². The van der Waals surface area contributed by atoms with Crippen LogP contribution in [0.4, 0.5) is 5.82 Å². The van der Waals surface area contributed by atoms with E-state index in [1.165, 1.54) is 25.7 Å². The minimum absolute atomic E-state index is 0.100. The van der Waals surface area contributed by atoms with E-state index >= 15 is 0 Å².